The summed E-state index contributed by atoms with van der Waals surface area (Å²) in [5.41, 5.74) is 13.7. The molecule has 0 aromatic heterocycles. The molecule has 33 heavy (non-hydrogen) atoms. The van der Waals surface area contributed by atoms with Crippen LogP contribution in [0, 0.1) is 39.5 Å². The van der Waals surface area contributed by atoms with Crippen molar-refractivity contribution in [2.24, 2.45) is 11.8 Å². The van der Waals surface area contributed by atoms with E-state index in [1.807, 2.05) is 0 Å². The van der Waals surface area contributed by atoms with Gasteiger partial charge in [-0.3, -0.25) is 0 Å². The smallest absolute Gasteiger partial charge is 0.00560 e. The van der Waals surface area contributed by atoms with Crippen molar-refractivity contribution in [3.8, 4) is 0 Å². The Hall–Kier alpha value is -1.34. The average molecular weight is 604 g/mol. The fourth-order valence-corrected chi connectivity index (χ4v) is 6.02. The fourth-order valence-electron chi connectivity index (χ4n) is 6.02. The van der Waals surface area contributed by atoms with E-state index < -0.39 is 0 Å². The normalized spacial score (nSPS) is 15.3. The molecule has 0 N–H and O–H groups in total. The first-order valence-corrected chi connectivity index (χ1v) is 12.6. The number of allylic oxidation sites excluding steroid dienone is 1. The molecular formula is C32H41Hf-. The standard InChI is InChI=1S/C32H41.Hf/c1-19(2)15-25-17-29-21(5)9-11-23(7)31(29)27(25)13-14-28-26(16-20(3)4)18-30-22(6)10-12-24(8)32(28)30;/h9-12,17-20,27H,13-16H2,1-8H3;/q-1;. The maximum Gasteiger partial charge on any atom is 0.00560 e. The van der Waals surface area contributed by atoms with Crippen LogP contribution >= 0.6 is 0 Å². The summed E-state index contributed by atoms with van der Waals surface area (Å²) < 4.78 is 0. The van der Waals surface area contributed by atoms with Gasteiger partial charge in [0.1, 0.15) is 0 Å². The molecule has 0 bridgehead atoms. The number of hydrogen-bond donors (Lipinski definition) is 0. The molecule has 1 aliphatic rings. The van der Waals surface area contributed by atoms with Gasteiger partial charge in [-0.2, -0.15) is 6.07 Å². The van der Waals surface area contributed by atoms with E-state index in [-0.39, 0.29) is 25.8 Å². The summed E-state index contributed by atoms with van der Waals surface area (Å²) in [6, 6.07) is 11.8. The van der Waals surface area contributed by atoms with Crippen molar-refractivity contribution in [1.29, 1.82) is 0 Å². The van der Waals surface area contributed by atoms with Gasteiger partial charge in [0, 0.05) is 31.8 Å². The minimum Gasteiger partial charge on any atom is -0.164 e. The second-order valence-electron chi connectivity index (χ2n) is 11.2. The summed E-state index contributed by atoms with van der Waals surface area (Å²) in [6.07, 6.45) is 7.31. The number of benzene rings is 2. The molecule has 0 amide bonds. The van der Waals surface area contributed by atoms with Gasteiger partial charge in [-0.25, -0.2) is 0 Å². The van der Waals surface area contributed by atoms with Gasteiger partial charge in [-0.05, 0) is 74.1 Å². The molecule has 0 saturated heterocycles. The summed E-state index contributed by atoms with van der Waals surface area (Å²) in [5, 5.41) is 3.02. The topological polar surface area (TPSA) is 0 Å². The summed E-state index contributed by atoms with van der Waals surface area (Å²) in [7, 11) is 0. The molecule has 0 fully saturated rings. The molecule has 3 aromatic rings. The summed E-state index contributed by atoms with van der Waals surface area (Å²) >= 11 is 0. The Balaban J connectivity index is 0.00000306. The predicted molar refractivity (Wildman–Crippen MR) is 142 cm³/mol. The van der Waals surface area contributed by atoms with Gasteiger partial charge in [-0.15, -0.1) is 33.5 Å². The van der Waals surface area contributed by atoms with Gasteiger partial charge >= 0.3 is 0 Å². The quantitative estimate of drug-likeness (QED) is 0.187. The third-order valence-electron chi connectivity index (χ3n) is 7.48. The van der Waals surface area contributed by atoms with Crippen LogP contribution in [0.1, 0.15) is 91.0 Å². The summed E-state index contributed by atoms with van der Waals surface area (Å²) in [6.45, 7) is 18.6. The molecule has 0 saturated carbocycles. The van der Waals surface area contributed by atoms with Crippen molar-refractivity contribution in [1.82, 2.24) is 0 Å². The van der Waals surface area contributed by atoms with Crippen molar-refractivity contribution in [3.05, 3.63) is 80.4 Å². The van der Waals surface area contributed by atoms with Crippen molar-refractivity contribution >= 4 is 16.8 Å². The van der Waals surface area contributed by atoms with Crippen LogP contribution in [-0.4, -0.2) is 0 Å². The Morgan fingerprint density at radius 1 is 0.788 bits per heavy atom. The van der Waals surface area contributed by atoms with Gasteiger partial charge in [0.15, 0.2) is 0 Å². The Kier molecular flexibility index (Phi) is 8.37. The molecule has 1 unspecified atom stereocenters. The molecule has 1 atom stereocenters. The maximum atomic E-state index is 2.54. The monoisotopic (exact) mass is 605 g/mol. The number of aryl methyl sites for hydroxylation is 5. The molecule has 174 valence electrons. The van der Waals surface area contributed by atoms with Gasteiger partial charge in [0.2, 0.25) is 0 Å². The first kappa shape index (κ1) is 26.3. The molecule has 0 radical (unpaired) electrons. The molecule has 0 heterocycles. The largest absolute Gasteiger partial charge is 0.164 e. The second-order valence-corrected chi connectivity index (χ2v) is 11.2. The molecule has 0 spiro atoms. The van der Waals surface area contributed by atoms with E-state index in [0.29, 0.717) is 17.8 Å². The average Bonchev–Trinajstić information content (AvgIpc) is 3.25. The van der Waals surface area contributed by atoms with Crippen LogP contribution < -0.4 is 0 Å². The van der Waals surface area contributed by atoms with Gasteiger partial charge in [-0.1, -0.05) is 76.5 Å². The molecule has 4 rings (SSSR count). The van der Waals surface area contributed by atoms with Crippen LogP contribution in [0.4, 0.5) is 0 Å². The van der Waals surface area contributed by atoms with Crippen LogP contribution in [0.5, 0.6) is 0 Å². The van der Waals surface area contributed by atoms with Gasteiger partial charge < -0.3 is 0 Å². The third kappa shape index (κ3) is 5.19. The molecule has 1 aliphatic carbocycles. The number of hydrogen-bond acceptors (Lipinski definition) is 0. The van der Waals surface area contributed by atoms with Crippen molar-refractivity contribution in [3.63, 3.8) is 0 Å². The van der Waals surface area contributed by atoms with E-state index in [0.717, 1.165) is 0 Å². The van der Waals surface area contributed by atoms with Crippen molar-refractivity contribution in [2.75, 3.05) is 0 Å². The van der Waals surface area contributed by atoms with Crippen LogP contribution in [0.15, 0.2) is 35.9 Å². The second kappa shape index (κ2) is 10.5. The minimum atomic E-state index is 0. The SMILES string of the molecule is Cc1ccc(C)c2c1C=C(CC(C)C)C2CC[c-]1c(CC(C)C)cc2c(C)ccc(C)c21.[Hf]. The zero-order chi connectivity index (χ0) is 23.2. The van der Waals surface area contributed by atoms with Crippen LogP contribution in [0.25, 0.3) is 16.8 Å². The van der Waals surface area contributed by atoms with E-state index in [1.54, 1.807) is 22.3 Å². The first-order valence-electron chi connectivity index (χ1n) is 12.6. The van der Waals surface area contributed by atoms with Crippen LogP contribution in [0.2, 0.25) is 0 Å². The number of fused-ring (bicyclic) bond motifs is 2. The Labute approximate surface area is 221 Å². The molecule has 0 nitrogen and oxygen atoms in total. The summed E-state index contributed by atoms with van der Waals surface area (Å²) in [4.78, 5) is 0. The molecule has 1 heteroatoms. The van der Waals surface area contributed by atoms with E-state index >= 15 is 0 Å². The van der Waals surface area contributed by atoms with E-state index in [4.69, 9.17) is 0 Å². The third-order valence-corrected chi connectivity index (χ3v) is 7.48. The zero-order valence-electron chi connectivity index (χ0n) is 22.0. The van der Waals surface area contributed by atoms with Crippen molar-refractivity contribution in [2.45, 2.75) is 87.0 Å². The Bertz CT molecular complexity index is 1170. The molecule has 0 aliphatic heterocycles. The predicted octanol–water partition coefficient (Wildman–Crippen LogP) is 9.15. The molecule has 3 aromatic carbocycles. The fraction of sp³-hybridized carbons (Fsp3) is 0.469. The van der Waals surface area contributed by atoms with Crippen LogP contribution in [0.3, 0.4) is 0 Å². The number of rotatable bonds is 7. The van der Waals surface area contributed by atoms with E-state index in [2.05, 4.69) is 91.8 Å². The van der Waals surface area contributed by atoms with Gasteiger partial charge in [0.25, 0.3) is 0 Å². The summed E-state index contributed by atoms with van der Waals surface area (Å²) in [5.74, 6) is 1.94. The van der Waals surface area contributed by atoms with E-state index in [1.165, 1.54) is 64.3 Å². The first-order chi connectivity index (χ1) is 15.2. The minimum absolute atomic E-state index is 0. The zero-order valence-corrected chi connectivity index (χ0v) is 25.6. The van der Waals surface area contributed by atoms with Crippen LogP contribution in [-0.2, 0) is 38.7 Å². The maximum absolute atomic E-state index is 2.54. The van der Waals surface area contributed by atoms with E-state index in [9.17, 15) is 0 Å². The van der Waals surface area contributed by atoms with Gasteiger partial charge in [0.05, 0.1) is 0 Å². The Morgan fingerprint density at radius 3 is 2.06 bits per heavy atom. The molecular weight excluding hydrogens is 563 g/mol. The Morgan fingerprint density at radius 2 is 1.39 bits per heavy atom. The van der Waals surface area contributed by atoms with Crippen molar-refractivity contribution < 1.29 is 25.8 Å².